The van der Waals surface area contributed by atoms with Crippen molar-refractivity contribution in [2.24, 2.45) is 0 Å². The average molecular weight is 365 g/mol. The Morgan fingerprint density at radius 1 is 1.38 bits per heavy atom. The largest absolute Gasteiger partial charge is 0.313 e. The summed E-state index contributed by atoms with van der Waals surface area (Å²) in [5.41, 5.74) is 0.981. The Kier molecular flexibility index (Phi) is 5.81. The highest BCUT2D eigenvalue weighted by molar-refractivity contribution is 7.91. The van der Waals surface area contributed by atoms with Crippen molar-refractivity contribution in [2.45, 2.75) is 30.6 Å². The zero-order valence-electron chi connectivity index (χ0n) is 11.7. The van der Waals surface area contributed by atoms with E-state index < -0.39 is 10.0 Å². The molecule has 2 aromatic heterocycles. The van der Waals surface area contributed by atoms with E-state index in [9.17, 15) is 8.42 Å². The van der Waals surface area contributed by atoms with Crippen LogP contribution in [0.4, 0.5) is 0 Å². The Labute approximate surface area is 138 Å². The van der Waals surface area contributed by atoms with E-state index in [1.807, 2.05) is 25.3 Å². The van der Waals surface area contributed by atoms with Crippen LogP contribution in [0.3, 0.4) is 0 Å². The van der Waals surface area contributed by atoms with Crippen LogP contribution in [-0.4, -0.2) is 15.0 Å². The molecule has 2 aromatic rings. The second-order valence-corrected chi connectivity index (χ2v) is 9.14. The first kappa shape index (κ1) is 16.9. The van der Waals surface area contributed by atoms with Crippen molar-refractivity contribution < 1.29 is 8.42 Å². The number of thiophene rings is 2. The lowest BCUT2D eigenvalue weighted by Gasteiger charge is -2.11. The van der Waals surface area contributed by atoms with Gasteiger partial charge in [-0.2, -0.15) is 0 Å². The number of rotatable bonds is 7. The first-order chi connectivity index (χ1) is 9.92. The molecule has 2 rings (SSSR count). The smallest absolute Gasteiger partial charge is 0.250 e. The zero-order chi connectivity index (χ0) is 15.5. The average Bonchev–Trinajstić information content (AvgIpc) is 3.05. The van der Waals surface area contributed by atoms with Crippen LogP contribution in [0, 0.1) is 0 Å². The van der Waals surface area contributed by atoms with Gasteiger partial charge in [0.25, 0.3) is 10.0 Å². The summed E-state index contributed by atoms with van der Waals surface area (Å²) in [4.78, 5) is 0.896. The van der Waals surface area contributed by atoms with Crippen LogP contribution in [-0.2, 0) is 16.6 Å². The number of sulfonamides is 1. The molecule has 21 heavy (non-hydrogen) atoms. The minimum atomic E-state index is -3.50. The maximum absolute atomic E-state index is 12.4. The maximum atomic E-state index is 12.4. The van der Waals surface area contributed by atoms with Gasteiger partial charge < -0.3 is 5.32 Å². The van der Waals surface area contributed by atoms with Gasteiger partial charge in [-0.3, -0.25) is 0 Å². The van der Waals surface area contributed by atoms with Crippen molar-refractivity contribution >= 4 is 44.3 Å². The summed E-state index contributed by atoms with van der Waals surface area (Å²) in [6.45, 7) is 5.36. The Bertz CT molecular complexity index is 694. The lowest BCUT2D eigenvalue weighted by atomic mass is 10.3. The van der Waals surface area contributed by atoms with E-state index in [-0.39, 0.29) is 6.04 Å². The summed E-state index contributed by atoms with van der Waals surface area (Å²) in [6, 6.07) is 5.02. The van der Waals surface area contributed by atoms with Gasteiger partial charge in [0.2, 0.25) is 0 Å². The lowest BCUT2D eigenvalue weighted by molar-refractivity contribution is 0.570. The molecule has 0 aliphatic heterocycles. The van der Waals surface area contributed by atoms with Crippen molar-refractivity contribution in [1.29, 1.82) is 0 Å². The Morgan fingerprint density at radius 3 is 2.76 bits per heavy atom. The third-order valence-electron chi connectivity index (χ3n) is 2.83. The summed E-state index contributed by atoms with van der Waals surface area (Å²) in [6.07, 6.45) is 0. The first-order valence-electron chi connectivity index (χ1n) is 6.48. The SMILES string of the molecule is CCNCc1csc(S(=O)(=O)NC(C)c2ccc(Cl)s2)c1. The van der Waals surface area contributed by atoms with E-state index in [1.165, 1.54) is 22.7 Å². The summed E-state index contributed by atoms with van der Waals surface area (Å²) >= 11 is 8.50. The molecule has 0 fully saturated rings. The highest BCUT2D eigenvalue weighted by Gasteiger charge is 2.21. The molecule has 4 nitrogen and oxygen atoms in total. The number of nitrogens with one attached hydrogen (secondary N) is 2. The Hall–Kier alpha value is -0.440. The first-order valence-corrected chi connectivity index (χ1v) is 10.0. The monoisotopic (exact) mass is 364 g/mol. The molecule has 1 atom stereocenters. The van der Waals surface area contributed by atoms with E-state index in [0.29, 0.717) is 15.1 Å². The van der Waals surface area contributed by atoms with Gasteiger partial charge in [-0.1, -0.05) is 18.5 Å². The molecule has 0 amide bonds. The molecule has 0 bridgehead atoms. The zero-order valence-corrected chi connectivity index (χ0v) is 14.9. The van der Waals surface area contributed by atoms with Crippen molar-refractivity contribution in [3.8, 4) is 0 Å². The van der Waals surface area contributed by atoms with Crippen LogP contribution in [0.15, 0.2) is 27.8 Å². The minimum Gasteiger partial charge on any atom is -0.313 e. The quantitative estimate of drug-likeness (QED) is 0.789. The van der Waals surface area contributed by atoms with Gasteiger partial charge in [0.05, 0.1) is 10.4 Å². The normalized spacial score (nSPS) is 13.5. The van der Waals surface area contributed by atoms with Gasteiger partial charge in [-0.25, -0.2) is 13.1 Å². The van der Waals surface area contributed by atoms with E-state index >= 15 is 0 Å². The number of halogens is 1. The predicted molar refractivity (Wildman–Crippen MR) is 89.8 cm³/mol. The van der Waals surface area contributed by atoms with Crippen molar-refractivity contribution in [1.82, 2.24) is 10.0 Å². The molecule has 0 spiro atoms. The van der Waals surface area contributed by atoms with E-state index in [4.69, 9.17) is 11.6 Å². The van der Waals surface area contributed by atoms with Crippen LogP contribution in [0.2, 0.25) is 4.34 Å². The van der Waals surface area contributed by atoms with Gasteiger partial charge in [0, 0.05) is 11.4 Å². The third-order valence-corrected chi connectivity index (χ3v) is 7.27. The third kappa shape index (κ3) is 4.51. The fourth-order valence-corrected chi connectivity index (χ4v) is 5.35. The van der Waals surface area contributed by atoms with Crippen LogP contribution in [0.1, 0.15) is 30.3 Å². The maximum Gasteiger partial charge on any atom is 0.250 e. The molecule has 0 saturated heterocycles. The predicted octanol–water partition coefficient (Wildman–Crippen LogP) is 3.61. The molecule has 0 aliphatic rings. The molecule has 0 aliphatic carbocycles. The van der Waals surface area contributed by atoms with Crippen LogP contribution >= 0.6 is 34.3 Å². The number of hydrogen-bond acceptors (Lipinski definition) is 5. The summed E-state index contributed by atoms with van der Waals surface area (Å²) in [7, 11) is -3.50. The van der Waals surface area contributed by atoms with Crippen molar-refractivity contribution in [3.05, 3.63) is 38.4 Å². The molecule has 116 valence electrons. The lowest BCUT2D eigenvalue weighted by Crippen LogP contribution is -2.25. The molecule has 0 saturated carbocycles. The second kappa shape index (κ2) is 7.21. The van der Waals surface area contributed by atoms with E-state index in [2.05, 4.69) is 10.0 Å². The van der Waals surface area contributed by atoms with Crippen LogP contribution < -0.4 is 10.0 Å². The van der Waals surface area contributed by atoms with Gasteiger partial charge in [-0.05, 0) is 42.6 Å². The summed E-state index contributed by atoms with van der Waals surface area (Å²) in [5, 5.41) is 5.04. The number of hydrogen-bond donors (Lipinski definition) is 2. The van der Waals surface area contributed by atoms with Gasteiger partial charge in [-0.15, -0.1) is 22.7 Å². The second-order valence-electron chi connectivity index (χ2n) is 4.54. The standard InChI is InChI=1S/C13H17ClN2O2S3/c1-3-15-7-10-6-13(19-8-10)21(17,18)16-9(2)11-4-5-12(14)20-11/h4-6,8-9,15-16H,3,7H2,1-2H3. The topological polar surface area (TPSA) is 58.2 Å². The van der Waals surface area contributed by atoms with Crippen molar-refractivity contribution in [3.63, 3.8) is 0 Å². The van der Waals surface area contributed by atoms with Crippen molar-refractivity contribution in [2.75, 3.05) is 6.54 Å². The molecule has 0 aromatic carbocycles. The molecule has 2 heterocycles. The molecule has 8 heteroatoms. The molecular weight excluding hydrogens is 348 g/mol. The fraction of sp³-hybridized carbons (Fsp3) is 0.385. The highest BCUT2D eigenvalue weighted by atomic mass is 35.5. The van der Waals surface area contributed by atoms with Gasteiger partial charge in [0.15, 0.2) is 0 Å². The summed E-state index contributed by atoms with van der Waals surface area (Å²) < 4.78 is 28.4. The van der Waals surface area contributed by atoms with Crippen LogP contribution in [0.25, 0.3) is 0 Å². The van der Waals surface area contributed by atoms with Gasteiger partial charge >= 0.3 is 0 Å². The Balaban J connectivity index is 2.09. The van der Waals surface area contributed by atoms with E-state index in [0.717, 1.165) is 17.0 Å². The fourth-order valence-electron chi connectivity index (χ4n) is 1.77. The van der Waals surface area contributed by atoms with Crippen LogP contribution in [0.5, 0.6) is 0 Å². The molecule has 2 N–H and O–H groups in total. The Morgan fingerprint density at radius 2 is 2.14 bits per heavy atom. The molecule has 0 radical (unpaired) electrons. The molecular formula is C13H17ClN2O2S3. The minimum absolute atomic E-state index is 0.299. The van der Waals surface area contributed by atoms with E-state index in [1.54, 1.807) is 12.1 Å². The highest BCUT2D eigenvalue weighted by Crippen LogP contribution is 2.28. The summed E-state index contributed by atoms with van der Waals surface area (Å²) in [5.74, 6) is 0. The molecule has 1 unspecified atom stereocenters. The van der Waals surface area contributed by atoms with Gasteiger partial charge in [0.1, 0.15) is 4.21 Å².